The molecule has 108 valence electrons. The second-order valence-corrected chi connectivity index (χ2v) is 7.39. The summed E-state index contributed by atoms with van der Waals surface area (Å²) in [6.07, 6.45) is -0.893. The summed E-state index contributed by atoms with van der Waals surface area (Å²) in [5.41, 5.74) is -0.623. The average molecular weight is 382 g/mol. The molecule has 0 saturated carbocycles. The van der Waals surface area contributed by atoms with Crippen LogP contribution in [0.3, 0.4) is 0 Å². The lowest BCUT2D eigenvalue weighted by molar-refractivity contribution is -0.141. The maximum absolute atomic E-state index is 11.8. The van der Waals surface area contributed by atoms with Crippen LogP contribution in [0.1, 0.15) is 40.5 Å². The van der Waals surface area contributed by atoms with Gasteiger partial charge in [-0.25, -0.2) is 4.79 Å². The van der Waals surface area contributed by atoms with Crippen LogP contribution in [-0.4, -0.2) is 38.5 Å². The van der Waals surface area contributed by atoms with Crippen molar-refractivity contribution in [2.24, 2.45) is 0 Å². The van der Waals surface area contributed by atoms with Gasteiger partial charge in [-0.3, -0.25) is 19.8 Å². The number of ether oxygens (including phenoxy) is 1. The lowest BCUT2D eigenvalue weighted by atomic mass is 10.2. The third kappa shape index (κ3) is 4.63. The summed E-state index contributed by atoms with van der Waals surface area (Å²) in [4.78, 5) is 36.3. The first kappa shape index (κ1) is 16.2. The van der Waals surface area contributed by atoms with Gasteiger partial charge in [-0.15, -0.1) is 0 Å². The first-order valence-electron chi connectivity index (χ1n) is 6.10. The Morgan fingerprint density at radius 3 is 2.16 bits per heavy atom. The van der Waals surface area contributed by atoms with Crippen molar-refractivity contribution in [1.82, 2.24) is 10.2 Å². The maximum Gasteiger partial charge on any atom is 0.409 e. The smallest absolute Gasteiger partial charge is 0.409 e. The molecule has 0 aromatic carbocycles. The highest BCUT2D eigenvalue weighted by Gasteiger charge is 2.38. The summed E-state index contributed by atoms with van der Waals surface area (Å²) in [7, 11) is 0. The standard InChI is InChI=1S/C12H19IN2O4/c1-7(13)10(14-11(18)19-12(2,3)4)15-8(16)5-6-9(15)17/h7,10H,5-6H2,1-4H3,(H,14,18)/t7-,10+/m0/s1. The molecule has 0 aromatic rings. The van der Waals surface area contributed by atoms with Gasteiger partial charge in [0.05, 0.1) is 0 Å². The molecule has 1 saturated heterocycles. The Balaban J connectivity index is 2.76. The van der Waals surface area contributed by atoms with Gasteiger partial charge in [-0.05, 0) is 27.7 Å². The van der Waals surface area contributed by atoms with Gasteiger partial charge in [0.1, 0.15) is 11.8 Å². The number of amides is 3. The van der Waals surface area contributed by atoms with Gasteiger partial charge in [-0.1, -0.05) is 22.6 Å². The highest BCUT2D eigenvalue weighted by Crippen LogP contribution is 2.20. The van der Waals surface area contributed by atoms with Crippen LogP contribution >= 0.6 is 22.6 Å². The van der Waals surface area contributed by atoms with Crippen LogP contribution in [0.2, 0.25) is 0 Å². The highest BCUT2D eigenvalue weighted by atomic mass is 127. The molecule has 0 unspecified atom stereocenters. The summed E-state index contributed by atoms with van der Waals surface area (Å²) >= 11 is 2.07. The second kappa shape index (κ2) is 6.06. The van der Waals surface area contributed by atoms with Gasteiger partial charge in [0, 0.05) is 16.8 Å². The zero-order valence-corrected chi connectivity index (χ0v) is 13.7. The summed E-state index contributed by atoms with van der Waals surface area (Å²) in [5, 5.41) is 2.59. The Morgan fingerprint density at radius 2 is 1.79 bits per heavy atom. The summed E-state index contributed by atoms with van der Waals surface area (Å²) in [6.45, 7) is 7.07. The van der Waals surface area contributed by atoms with Crippen LogP contribution in [0.25, 0.3) is 0 Å². The molecular weight excluding hydrogens is 363 g/mol. The largest absolute Gasteiger partial charge is 0.444 e. The Labute approximate surface area is 126 Å². The molecule has 1 aliphatic rings. The fraction of sp³-hybridized carbons (Fsp3) is 0.750. The molecule has 0 aromatic heterocycles. The third-order valence-electron chi connectivity index (χ3n) is 2.47. The minimum Gasteiger partial charge on any atom is -0.444 e. The predicted molar refractivity (Wildman–Crippen MR) is 77.7 cm³/mol. The number of imide groups is 1. The first-order valence-corrected chi connectivity index (χ1v) is 7.35. The van der Waals surface area contributed by atoms with E-state index in [9.17, 15) is 14.4 Å². The van der Waals surface area contributed by atoms with Crippen LogP contribution in [0.5, 0.6) is 0 Å². The van der Waals surface area contributed by atoms with Gasteiger partial charge >= 0.3 is 6.09 Å². The van der Waals surface area contributed by atoms with Crippen LogP contribution in [0.15, 0.2) is 0 Å². The van der Waals surface area contributed by atoms with E-state index >= 15 is 0 Å². The Morgan fingerprint density at radius 1 is 1.32 bits per heavy atom. The molecule has 7 heteroatoms. The molecule has 6 nitrogen and oxygen atoms in total. The van der Waals surface area contributed by atoms with E-state index in [4.69, 9.17) is 4.74 Å². The van der Waals surface area contributed by atoms with Gasteiger partial charge in [-0.2, -0.15) is 0 Å². The van der Waals surface area contributed by atoms with Gasteiger partial charge in [0.25, 0.3) is 0 Å². The number of likely N-dealkylation sites (tertiary alicyclic amines) is 1. The van der Waals surface area contributed by atoms with E-state index in [1.54, 1.807) is 20.8 Å². The Bertz CT molecular complexity index is 374. The molecule has 0 aliphatic carbocycles. The summed E-state index contributed by atoms with van der Waals surface area (Å²) in [6, 6.07) is 0. The third-order valence-corrected chi connectivity index (χ3v) is 3.15. The lowest BCUT2D eigenvalue weighted by Gasteiger charge is -2.30. The normalized spacial score (nSPS) is 19.3. The number of hydrogen-bond acceptors (Lipinski definition) is 4. The zero-order chi connectivity index (χ0) is 14.8. The highest BCUT2D eigenvalue weighted by molar-refractivity contribution is 14.1. The van der Waals surface area contributed by atoms with Crippen molar-refractivity contribution in [2.45, 2.75) is 56.2 Å². The van der Waals surface area contributed by atoms with E-state index in [0.29, 0.717) is 0 Å². The zero-order valence-electron chi connectivity index (χ0n) is 11.5. The minimum atomic E-state index is -0.669. The first-order chi connectivity index (χ1) is 8.61. The van der Waals surface area contributed by atoms with Crippen molar-refractivity contribution in [2.75, 3.05) is 0 Å². The monoisotopic (exact) mass is 382 g/mol. The molecule has 1 rings (SSSR count). The number of carbonyl (C=O) groups is 3. The number of hydrogen-bond donors (Lipinski definition) is 1. The van der Waals surface area contributed by atoms with Crippen molar-refractivity contribution in [3.63, 3.8) is 0 Å². The molecule has 1 aliphatic heterocycles. The van der Waals surface area contributed by atoms with Crippen molar-refractivity contribution in [3.8, 4) is 0 Å². The van der Waals surface area contributed by atoms with Crippen molar-refractivity contribution < 1.29 is 19.1 Å². The fourth-order valence-electron chi connectivity index (χ4n) is 1.72. The van der Waals surface area contributed by atoms with E-state index in [0.717, 1.165) is 4.90 Å². The van der Waals surface area contributed by atoms with Gasteiger partial charge in [0.2, 0.25) is 11.8 Å². The van der Waals surface area contributed by atoms with Crippen molar-refractivity contribution in [1.29, 1.82) is 0 Å². The number of nitrogens with one attached hydrogen (secondary N) is 1. The van der Waals surface area contributed by atoms with Crippen molar-refractivity contribution in [3.05, 3.63) is 0 Å². The molecule has 0 bridgehead atoms. The number of rotatable bonds is 3. The predicted octanol–water partition coefficient (Wildman–Crippen LogP) is 1.81. The van der Waals surface area contributed by atoms with E-state index in [-0.39, 0.29) is 28.6 Å². The fourth-order valence-corrected chi connectivity index (χ4v) is 2.22. The SMILES string of the molecule is C[C@H](I)[C@H](NC(=O)OC(C)(C)C)N1C(=O)CCC1=O. The molecule has 0 radical (unpaired) electrons. The number of halogens is 1. The summed E-state index contributed by atoms with van der Waals surface area (Å²) in [5.74, 6) is -0.510. The van der Waals surface area contributed by atoms with Crippen molar-refractivity contribution >= 4 is 40.5 Å². The molecule has 3 amide bonds. The number of nitrogens with zero attached hydrogens (tertiary/aromatic N) is 1. The molecule has 19 heavy (non-hydrogen) atoms. The molecular formula is C12H19IN2O4. The Hall–Kier alpha value is -0.860. The quantitative estimate of drug-likeness (QED) is 0.459. The molecule has 2 atom stereocenters. The molecule has 1 fully saturated rings. The Kier molecular flexibility index (Phi) is 5.17. The molecule has 1 heterocycles. The molecule has 0 spiro atoms. The number of alkyl halides is 1. The maximum atomic E-state index is 11.8. The van der Waals surface area contributed by atoms with Crippen LogP contribution in [0.4, 0.5) is 4.79 Å². The number of alkyl carbamates (subject to hydrolysis) is 1. The van der Waals surface area contributed by atoms with E-state index in [2.05, 4.69) is 27.9 Å². The van der Waals surface area contributed by atoms with Gasteiger partial charge in [0.15, 0.2) is 0 Å². The van der Waals surface area contributed by atoms with Gasteiger partial charge < -0.3 is 4.74 Å². The lowest BCUT2D eigenvalue weighted by Crippen LogP contribution is -2.55. The second-order valence-electron chi connectivity index (χ2n) is 5.43. The minimum absolute atomic E-state index is 0.115. The number of carbonyl (C=O) groups excluding carboxylic acids is 3. The van der Waals surface area contributed by atoms with E-state index in [1.165, 1.54) is 0 Å². The topological polar surface area (TPSA) is 75.7 Å². The molecule has 1 N–H and O–H groups in total. The van der Waals surface area contributed by atoms with Crippen LogP contribution in [0, 0.1) is 0 Å². The summed E-state index contributed by atoms with van der Waals surface area (Å²) < 4.78 is 5.03. The van der Waals surface area contributed by atoms with E-state index < -0.39 is 17.9 Å². The average Bonchev–Trinajstić information content (AvgIpc) is 2.52. The van der Waals surface area contributed by atoms with Crippen LogP contribution < -0.4 is 5.32 Å². The van der Waals surface area contributed by atoms with E-state index in [1.807, 2.05) is 6.92 Å². The van der Waals surface area contributed by atoms with Crippen LogP contribution in [-0.2, 0) is 14.3 Å².